The van der Waals surface area contributed by atoms with Gasteiger partial charge in [0.1, 0.15) is 84.6 Å². The van der Waals surface area contributed by atoms with Crippen molar-refractivity contribution in [2.75, 3.05) is 52.4 Å². The molecule has 43 heteroatoms. The minimum atomic E-state index is -1.45. The van der Waals surface area contributed by atoms with Gasteiger partial charge in [0.15, 0.2) is 5.96 Å². The first-order valence-corrected chi connectivity index (χ1v) is 51.1. The molecule has 0 aliphatic rings. The van der Waals surface area contributed by atoms with Crippen molar-refractivity contribution in [3.63, 3.8) is 0 Å². The lowest BCUT2D eigenvalue weighted by atomic mass is 9.95. The number of hydrogen-bond donors (Lipinski definition) is 25. The van der Waals surface area contributed by atoms with Gasteiger partial charge >= 0.3 is 5.97 Å². The van der Waals surface area contributed by atoms with Crippen LogP contribution in [0.5, 0.6) is 0 Å². The van der Waals surface area contributed by atoms with Crippen molar-refractivity contribution in [3.8, 4) is 0 Å². The summed E-state index contributed by atoms with van der Waals surface area (Å²) < 4.78 is 0. The lowest BCUT2D eigenvalue weighted by Crippen LogP contribution is -2.61. The Labute approximate surface area is 845 Å². The van der Waals surface area contributed by atoms with Crippen LogP contribution in [0.4, 0.5) is 0 Å². The quantitative estimate of drug-likeness (QED) is 0.0234. The molecule has 43 nitrogen and oxygen atoms in total. The monoisotopic (exact) mass is 2010 g/mol. The average molecular weight is 2020 g/mol. The zero-order valence-corrected chi connectivity index (χ0v) is 87.0. The van der Waals surface area contributed by atoms with Crippen LogP contribution < -0.4 is 131 Å². The number of carboxylic acids is 1. The fourth-order valence-corrected chi connectivity index (χ4v) is 15.8. The van der Waals surface area contributed by atoms with E-state index in [4.69, 9.17) is 45.9 Å². The molecule has 0 spiro atoms. The highest BCUT2D eigenvalue weighted by molar-refractivity contribution is 6.01. The Morgan fingerprint density at radius 2 is 0.531 bits per heavy atom. The fraction of sp³-hybridized carbons (Fsp3) is 0.700. The zero-order chi connectivity index (χ0) is 107. The van der Waals surface area contributed by atoms with E-state index in [2.05, 4.69) is 90.1 Å². The Morgan fingerprint density at radius 3 is 0.839 bits per heavy atom. The van der Waals surface area contributed by atoms with Gasteiger partial charge in [-0.15, -0.1) is 0 Å². The third-order valence-electron chi connectivity index (χ3n) is 23.7. The number of hydrogen-bond acceptors (Lipinski definition) is 24. The van der Waals surface area contributed by atoms with Gasteiger partial charge in [-0.2, -0.15) is 0 Å². The summed E-state index contributed by atoms with van der Waals surface area (Å²) in [7, 11) is 0. The predicted molar refractivity (Wildman–Crippen MR) is 550 cm³/mol. The van der Waals surface area contributed by atoms with Crippen LogP contribution in [-0.2, 0) is 94.3 Å². The van der Waals surface area contributed by atoms with Crippen LogP contribution in [0.1, 0.15) is 262 Å². The molecule has 2 rings (SSSR count). The molecule has 16 amide bonds. The lowest BCUT2D eigenvalue weighted by molar-refractivity contribution is -0.143. The molecule has 0 bridgehead atoms. The van der Waals surface area contributed by atoms with E-state index >= 15 is 19.2 Å². The van der Waals surface area contributed by atoms with Crippen LogP contribution >= 0.6 is 0 Å². The SMILES string of the molecule is CC[C@H](C)[C@H](NC(=O)[C@H](CC(C)C)NC(=O)[C@H](CCCN=C(N)N)NC(=O)[C@H](CC(C)C)NC(=O)[C@H](CC(C)C)NC(=O)[C@H](CCCCN)NC(=O)[C@H](CCCCN)NC(=O)[C@H](Cc1ccccc1)NC(=O)[C@H](CC(C)C)NC(=O)CNC(=O)[C@@H](N)CC(C)C)C(=O)N[C@@H](CCCCN)C(=O)N[C@@H](CCCCN)C(=O)NCC(=O)N[C@@H](Cc1ccccc1)C(=O)N[C@@H](CCCCN)C(=O)N[C@@H](CC(C)C)C(=O)O. The number of guanidine groups is 1. The molecule has 33 N–H and O–H groups in total. The van der Waals surface area contributed by atoms with Gasteiger partial charge in [0.25, 0.3) is 0 Å². The Hall–Kier alpha value is -11.5. The van der Waals surface area contributed by atoms with E-state index in [1.165, 1.54) is 0 Å². The second kappa shape index (κ2) is 71.0. The van der Waals surface area contributed by atoms with E-state index in [1.807, 2.05) is 27.7 Å². The molecule has 808 valence electrons. The van der Waals surface area contributed by atoms with E-state index in [9.17, 15) is 67.4 Å². The molecule has 0 heterocycles. The highest BCUT2D eigenvalue weighted by atomic mass is 16.4. The first-order chi connectivity index (χ1) is 67.7. The maximum atomic E-state index is 15.1. The highest BCUT2D eigenvalue weighted by Crippen LogP contribution is 2.20. The Morgan fingerprint density at radius 1 is 0.287 bits per heavy atom. The van der Waals surface area contributed by atoms with E-state index in [0.29, 0.717) is 88.2 Å². The predicted octanol–water partition coefficient (Wildman–Crippen LogP) is -0.0754. The number of nitrogens with zero attached hydrogens (tertiary/aromatic N) is 1. The summed E-state index contributed by atoms with van der Waals surface area (Å²) in [6, 6.07) is -2.12. The molecular formula is C100H175N25O18. The molecule has 0 radical (unpaired) electrons. The molecule has 0 aliphatic carbocycles. The normalized spacial score (nSPS) is 14.8. The van der Waals surface area contributed by atoms with Crippen LogP contribution in [0, 0.1) is 41.4 Å². The third kappa shape index (κ3) is 53.6. The molecule has 2 aromatic carbocycles. The van der Waals surface area contributed by atoms with Crippen molar-refractivity contribution in [3.05, 3.63) is 71.8 Å². The van der Waals surface area contributed by atoms with Crippen molar-refractivity contribution in [2.24, 2.45) is 92.3 Å². The van der Waals surface area contributed by atoms with Gasteiger partial charge in [0, 0.05) is 19.4 Å². The van der Waals surface area contributed by atoms with Crippen molar-refractivity contribution >= 4 is 106 Å². The largest absolute Gasteiger partial charge is 0.480 e. The van der Waals surface area contributed by atoms with Crippen molar-refractivity contribution in [2.45, 2.75) is 355 Å². The molecule has 0 fully saturated rings. The number of aliphatic imine (C=N–C) groups is 1. The molecule has 0 aromatic heterocycles. The van der Waals surface area contributed by atoms with Crippen LogP contribution in [-0.4, -0.2) is 255 Å². The molecule has 16 atom stereocenters. The molecule has 143 heavy (non-hydrogen) atoms. The van der Waals surface area contributed by atoms with Crippen molar-refractivity contribution < 1.29 is 86.6 Å². The summed E-state index contributed by atoms with van der Waals surface area (Å²) in [5.41, 5.74) is 48.2. The standard InChI is InChI=1S/C100H175N25O18/c1-15-65(14)84(98(141)119-73(41-26-31-47-105)88(131)114-69(37-22-27-43-101)86(129)111-58-83(127)113-79(55-66-33-18-16-19-34-66)95(138)116-72(40-25-30-46-104)91(134)124-81(99(142)143)54-64(12)13)125-97(140)78(53-63(10)11)121-90(133)74(42-32-48-109-100(107)108)118-93(136)76(51-61(6)7)122-94(137)77(52-62(8)9)120-89(132)71(39-24-29-45-103)115-87(130)70(38-23-28-44-102)117-96(139)80(56-67-35-20-17-21-36-67)123-92(135)75(50-60(4)5)112-82(126)57-110-85(128)68(106)49-59(2)3/h16-21,33-36,59-65,68-81,84H,15,22-32,37-58,101-106H2,1-14H3,(H,110,128)(H,111,129)(H,112,126)(H,113,127)(H,114,131)(H,115,130)(H,116,138)(H,117,139)(H,118,136)(H,119,141)(H,120,132)(H,121,133)(H,122,137)(H,123,135)(H,124,134)(H,125,140)(H,142,143)(H4,107,108,109)/t65-,68-,69-,70-,71-,72-,73-,74-,75-,76-,77-,78-,79-,80-,81-,84-/m0/s1. The van der Waals surface area contributed by atoms with E-state index in [1.54, 1.807) is 130 Å². The summed E-state index contributed by atoms with van der Waals surface area (Å²) in [5.74, 6) is -15.6. The van der Waals surface area contributed by atoms with Crippen LogP contribution in [0.3, 0.4) is 0 Å². The smallest absolute Gasteiger partial charge is 0.326 e. The molecule has 0 saturated heterocycles. The van der Waals surface area contributed by atoms with Crippen LogP contribution in [0.15, 0.2) is 65.7 Å². The maximum Gasteiger partial charge on any atom is 0.326 e. The van der Waals surface area contributed by atoms with E-state index in [0.717, 1.165) is 0 Å². The molecule has 0 saturated carbocycles. The van der Waals surface area contributed by atoms with E-state index < -0.39 is 210 Å². The fourth-order valence-electron chi connectivity index (χ4n) is 15.8. The van der Waals surface area contributed by atoms with Crippen molar-refractivity contribution in [1.82, 2.24) is 85.1 Å². The number of amides is 16. The second-order valence-corrected chi connectivity index (χ2v) is 39.7. The molecule has 0 unspecified atom stereocenters. The molecular weight excluding hydrogens is 1840 g/mol. The minimum absolute atomic E-state index is 0.00225. The number of aliphatic carboxylic acids is 1. The number of rotatable bonds is 75. The van der Waals surface area contributed by atoms with Crippen LogP contribution in [0.2, 0.25) is 0 Å². The Balaban J connectivity index is 2.61. The number of nitrogens with two attached hydrogens (primary N) is 8. The minimum Gasteiger partial charge on any atom is -0.480 e. The number of nitrogens with one attached hydrogen (secondary N) is 16. The summed E-state index contributed by atoms with van der Waals surface area (Å²) in [4.78, 5) is 248. The maximum absolute atomic E-state index is 15.1. The van der Waals surface area contributed by atoms with Gasteiger partial charge in [0.2, 0.25) is 94.5 Å². The van der Waals surface area contributed by atoms with Gasteiger partial charge in [-0.3, -0.25) is 81.7 Å². The first kappa shape index (κ1) is 128. The van der Waals surface area contributed by atoms with Crippen molar-refractivity contribution in [1.29, 1.82) is 0 Å². The zero-order valence-electron chi connectivity index (χ0n) is 87.0. The Kier molecular flexibility index (Phi) is 63.3. The highest BCUT2D eigenvalue weighted by Gasteiger charge is 2.40. The first-order valence-electron chi connectivity index (χ1n) is 51.1. The van der Waals surface area contributed by atoms with Gasteiger partial charge in [-0.1, -0.05) is 164 Å². The van der Waals surface area contributed by atoms with E-state index in [-0.39, 0.29) is 171 Å². The average Bonchev–Trinajstić information content (AvgIpc) is 0.861. The number of carboxylic acid groups (broad SMARTS) is 1. The topological polar surface area (TPSA) is 723 Å². The van der Waals surface area contributed by atoms with Crippen LogP contribution in [0.25, 0.3) is 0 Å². The van der Waals surface area contributed by atoms with Gasteiger partial charge < -0.3 is 136 Å². The Bertz CT molecular complexity index is 4260. The molecule has 0 aliphatic heterocycles. The van der Waals surface area contributed by atoms with Gasteiger partial charge in [-0.25, -0.2) is 4.79 Å². The summed E-state index contributed by atoms with van der Waals surface area (Å²) >= 11 is 0. The number of unbranched alkanes of at least 4 members (excludes halogenated alkanes) is 5. The molecule has 2 aromatic rings. The number of benzene rings is 2. The summed E-state index contributed by atoms with van der Waals surface area (Å²) in [6.07, 6.45) is 4.58. The van der Waals surface area contributed by atoms with Gasteiger partial charge in [-0.05, 0) is 233 Å². The lowest BCUT2D eigenvalue weighted by Gasteiger charge is -2.30. The van der Waals surface area contributed by atoms with Gasteiger partial charge in [0.05, 0.1) is 19.1 Å². The second-order valence-electron chi connectivity index (χ2n) is 39.7. The number of carbonyl (C=O) groups excluding carboxylic acids is 16. The summed E-state index contributed by atoms with van der Waals surface area (Å²) in [6.45, 7) is 25.2. The third-order valence-corrected chi connectivity index (χ3v) is 23.7. The number of carbonyl (C=O) groups is 17. The summed E-state index contributed by atoms with van der Waals surface area (Å²) in [5, 5.41) is 53.7.